The number of hydrogen-bond acceptors (Lipinski definition) is 4. The molecule has 0 radical (unpaired) electrons. The number of benzene rings is 2. The first-order chi connectivity index (χ1) is 14.5. The van der Waals surface area contributed by atoms with Gasteiger partial charge in [0.05, 0.1) is 6.61 Å². The lowest BCUT2D eigenvalue weighted by Gasteiger charge is -2.34. The fourth-order valence-corrected chi connectivity index (χ4v) is 4.20. The van der Waals surface area contributed by atoms with Crippen LogP contribution in [-0.2, 0) is 6.54 Å². The van der Waals surface area contributed by atoms with Gasteiger partial charge in [0.15, 0.2) is 0 Å². The first-order valence-electron chi connectivity index (χ1n) is 10.5. The van der Waals surface area contributed by atoms with Crippen molar-refractivity contribution in [2.45, 2.75) is 44.2 Å². The van der Waals surface area contributed by atoms with Crippen molar-refractivity contribution in [3.63, 3.8) is 0 Å². The number of amides is 1. The smallest absolute Gasteiger partial charge is 0.410 e. The Balaban J connectivity index is 0.00000341. The van der Waals surface area contributed by atoms with Crippen LogP contribution in [0.1, 0.15) is 42.7 Å². The fourth-order valence-electron chi connectivity index (χ4n) is 4.08. The minimum absolute atomic E-state index is 0. The molecule has 1 saturated carbocycles. The monoisotopic (exact) mass is 466 g/mol. The van der Waals surface area contributed by atoms with Crippen LogP contribution in [0.2, 0.25) is 5.02 Å². The number of carbonyl (C=O) groups is 1. The molecule has 0 saturated heterocycles. The van der Waals surface area contributed by atoms with Crippen molar-refractivity contribution in [1.29, 1.82) is 0 Å². The molecule has 0 atom stereocenters. The summed E-state index contributed by atoms with van der Waals surface area (Å²) in [6, 6.07) is 15.9. The predicted molar refractivity (Wildman–Crippen MR) is 127 cm³/mol. The van der Waals surface area contributed by atoms with Gasteiger partial charge in [-0.2, -0.15) is 0 Å². The molecule has 0 aromatic heterocycles. The maximum Gasteiger partial charge on any atom is 0.415 e. The minimum atomic E-state index is -0.322. The summed E-state index contributed by atoms with van der Waals surface area (Å²) in [5, 5.41) is 9.65. The van der Waals surface area contributed by atoms with Gasteiger partial charge in [0, 0.05) is 31.2 Å². The van der Waals surface area contributed by atoms with Crippen LogP contribution in [0, 0.1) is 0 Å². The molecule has 0 heterocycles. The summed E-state index contributed by atoms with van der Waals surface area (Å²) in [5.41, 5.74) is 2.63. The number of nitrogens with zero attached hydrogens (tertiary/aromatic N) is 2. The van der Waals surface area contributed by atoms with Crippen LogP contribution in [-0.4, -0.2) is 54.3 Å². The van der Waals surface area contributed by atoms with E-state index in [2.05, 4.69) is 29.2 Å². The van der Waals surface area contributed by atoms with Crippen LogP contribution in [0.5, 0.6) is 5.75 Å². The molecular formula is C24H32Cl2N2O3. The van der Waals surface area contributed by atoms with Gasteiger partial charge in [-0.05, 0) is 74.0 Å². The van der Waals surface area contributed by atoms with Crippen molar-refractivity contribution >= 4 is 30.1 Å². The van der Waals surface area contributed by atoms with Gasteiger partial charge in [0.1, 0.15) is 5.75 Å². The van der Waals surface area contributed by atoms with Gasteiger partial charge in [-0.1, -0.05) is 35.9 Å². The molecule has 1 N–H and O–H groups in total. The molecule has 7 heteroatoms. The second-order valence-electron chi connectivity index (χ2n) is 8.14. The summed E-state index contributed by atoms with van der Waals surface area (Å²) in [7, 11) is 3.83. The van der Waals surface area contributed by atoms with E-state index in [4.69, 9.17) is 21.4 Å². The molecule has 170 valence electrons. The average molecular weight is 467 g/mol. The third-order valence-electron chi connectivity index (χ3n) is 5.94. The lowest BCUT2D eigenvalue weighted by atomic mass is 9.81. The lowest BCUT2D eigenvalue weighted by Crippen LogP contribution is -2.40. The maximum absolute atomic E-state index is 12.5. The van der Waals surface area contributed by atoms with Gasteiger partial charge in [0.2, 0.25) is 0 Å². The van der Waals surface area contributed by atoms with E-state index in [1.807, 2.05) is 14.1 Å². The number of rotatable bonds is 7. The van der Waals surface area contributed by atoms with Crippen molar-refractivity contribution < 1.29 is 14.6 Å². The van der Waals surface area contributed by atoms with E-state index in [1.165, 1.54) is 11.1 Å². The molecule has 0 aliphatic heterocycles. The molecule has 31 heavy (non-hydrogen) atoms. The highest BCUT2D eigenvalue weighted by Crippen LogP contribution is 2.35. The summed E-state index contributed by atoms with van der Waals surface area (Å²) < 4.78 is 5.47. The number of carbonyl (C=O) groups excluding carboxylic acids is 1. The van der Waals surface area contributed by atoms with E-state index in [9.17, 15) is 4.79 Å². The molecule has 1 aliphatic carbocycles. The second kappa shape index (κ2) is 12.3. The van der Waals surface area contributed by atoms with E-state index in [0.717, 1.165) is 32.2 Å². The number of aliphatic hydroxyl groups is 1. The summed E-state index contributed by atoms with van der Waals surface area (Å²) in [6.07, 6.45) is 3.74. The van der Waals surface area contributed by atoms with Gasteiger partial charge in [-0.25, -0.2) is 4.79 Å². The number of ether oxygens (including phenoxy) is 1. The van der Waals surface area contributed by atoms with E-state index in [1.54, 1.807) is 29.2 Å². The minimum Gasteiger partial charge on any atom is -0.410 e. The van der Waals surface area contributed by atoms with Crippen LogP contribution in [0.25, 0.3) is 0 Å². The zero-order chi connectivity index (χ0) is 21.5. The quantitative estimate of drug-likeness (QED) is 0.597. The molecule has 2 aromatic rings. The highest BCUT2D eigenvalue weighted by atomic mass is 35.5. The zero-order valence-corrected chi connectivity index (χ0v) is 19.7. The van der Waals surface area contributed by atoms with E-state index < -0.39 is 0 Å². The van der Waals surface area contributed by atoms with Gasteiger partial charge in [0.25, 0.3) is 0 Å². The highest BCUT2D eigenvalue weighted by Gasteiger charge is 2.28. The SMILES string of the molecule is CN(CCO)Cc1ccc([C@H]2CC[C@H](N(C)C(=O)Oc3ccc(Cl)cc3)CC2)cc1.Cl. The van der Waals surface area contributed by atoms with Gasteiger partial charge in [-0.15, -0.1) is 12.4 Å². The Bertz CT molecular complexity index is 807. The van der Waals surface area contributed by atoms with Crippen molar-refractivity contribution in [3.05, 3.63) is 64.7 Å². The fraction of sp³-hybridized carbons (Fsp3) is 0.458. The summed E-state index contributed by atoms with van der Waals surface area (Å²) >= 11 is 5.88. The van der Waals surface area contributed by atoms with E-state index >= 15 is 0 Å². The Morgan fingerprint density at radius 1 is 1.03 bits per heavy atom. The van der Waals surface area contributed by atoms with Gasteiger partial charge < -0.3 is 14.7 Å². The number of hydrogen-bond donors (Lipinski definition) is 1. The molecule has 0 spiro atoms. The molecule has 5 nitrogen and oxygen atoms in total. The third kappa shape index (κ3) is 7.39. The Kier molecular flexibility index (Phi) is 10.1. The van der Waals surface area contributed by atoms with Crippen LogP contribution in [0.15, 0.2) is 48.5 Å². The van der Waals surface area contributed by atoms with Gasteiger partial charge in [-0.3, -0.25) is 4.90 Å². The van der Waals surface area contributed by atoms with Crippen LogP contribution >= 0.6 is 24.0 Å². The maximum atomic E-state index is 12.5. The third-order valence-corrected chi connectivity index (χ3v) is 6.19. The molecule has 1 amide bonds. The topological polar surface area (TPSA) is 53.0 Å². The normalized spacial score (nSPS) is 18.4. The Hall–Kier alpha value is -1.79. The van der Waals surface area contributed by atoms with Crippen LogP contribution in [0.4, 0.5) is 4.79 Å². The zero-order valence-electron chi connectivity index (χ0n) is 18.2. The number of likely N-dealkylation sites (N-methyl/N-ethyl adjacent to an activating group) is 1. The van der Waals surface area contributed by atoms with E-state index in [0.29, 0.717) is 23.2 Å². The predicted octanol–water partition coefficient (Wildman–Crippen LogP) is 5.34. The molecule has 0 bridgehead atoms. The van der Waals surface area contributed by atoms with Gasteiger partial charge >= 0.3 is 6.09 Å². The first kappa shape index (κ1) is 25.5. The molecule has 3 rings (SSSR count). The summed E-state index contributed by atoms with van der Waals surface area (Å²) in [4.78, 5) is 16.3. The van der Waals surface area contributed by atoms with Crippen LogP contribution < -0.4 is 4.74 Å². The Labute approximate surface area is 196 Å². The molecule has 2 aromatic carbocycles. The second-order valence-corrected chi connectivity index (χ2v) is 8.58. The number of halogens is 2. The highest BCUT2D eigenvalue weighted by molar-refractivity contribution is 6.30. The Morgan fingerprint density at radius 3 is 2.23 bits per heavy atom. The van der Waals surface area contributed by atoms with Crippen molar-refractivity contribution in [2.24, 2.45) is 0 Å². The van der Waals surface area contributed by atoms with E-state index in [-0.39, 0.29) is 31.1 Å². The van der Waals surface area contributed by atoms with Crippen molar-refractivity contribution in [3.8, 4) is 5.75 Å². The van der Waals surface area contributed by atoms with Crippen LogP contribution in [0.3, 0.4) is 0 Å². The average Bonchev–Trinajstić information content (AvgIpc) is 2.75. The first-order valence-corrected chi connectivity index (χ1v) is 10.9. The molecule has 0 unspecified atom stereocenters. The molecule has 1 fully saturated rings. The molecular weight excluding hydrogens is 435 g/mol. The number of aliphatic hydroxyl groups excluding tert-OH is 1. The lowest BCUT2D eigenvalue weighted by molar-refractivity contribution is 0.130. The van der Waals surface area contributed by atoms with Crippen molar-refractivity contribution in [1.82, 2.24) is 9.80 Å². The summed E-state index contributed by atoms with van der Waals surface area (Å²) in [5.74, 6) is 1.04. The Morgan fingerprint density at radius 2 is 1.65 bits per heavy atom. The van der Waals surface area contributed by atoms with Crippen molar-refractivity contribution in [2.75, 3.05) is 27.2 Å². The standard InChI is InChI=1S/C24H31ClN2O3.ClH/c1-26(15-16-28)17-18-3-5-19(6-4-18)20-7-11-22(12-8-20)27(2)24(29)30-23-13-9-21(25)10-14-23;/h3-6,9-10,13-14,20,22,28H,7-8,11-12,15-17H2,1-2H3;1H/t20-,22-;. The molecule has 1 aliphatic rings. The summed E-state index contributed by atoms with van der Waals surface area (Å²) in [6.45, 7) is 1.70. The largest absolute Gasteiger partial charge is 0.415 e.